The summed E-state index contributed by atoms with van der Waals surface area (Å²) in [6.07, 6.45) is 4.59. The summed E-state index contributed by atoms with van der Waals surface area (Å²) >= 11 is 0. The zero-order chi connectivity index (χ0) is 24.7. The standard InChI is InChI=1S/C26H27O8P/c1-2-30-26(28)25-21(22-17-18-24(27)31-22)15-9-10-16-23(25)34-35(29,32-19-11-5-3-6-12-19)33-20-13-7-4-8-14-20/h3-8,11-14,17-18,21-22H,2,9-10,15-16H2,1H3/t21-,22-/m1/s1. The summed E-state index contributed by atoms with van der Waals surface area (Å²) < 4.78 is 42.2. The van der Waals surface area contributed by atoms with Crippen molar-refractivity contribution in [1.29, 1.82) is 0 Å². The third-order valence-electron chi connectivity index (χ3n) is 5.55. The van der Waals surface area contributed by atoms with Crippen molar-refractivity contribution in [2.24, 2.45) is 5.92 Å². The van der Waals surface area contributed by atoms with E-state index in [4.69, 9.17) is 23.0 Å². The number of benzene rings is 2. The molecule has 2 aromatic carbocycles. The molecule has 35 heavy (non-hydrogen) atoms. The highest BCUT2D eigenvalue weighted by Crippen LogP contribution is 2.53. The number of hydrogen-bond acceptors (Lipinski definition) is 8. The molecule has 0 amide bonds. The van der Waals surface area contributed by atoms with Crippen LogP contribution in [0.3, 0.4) is 0 Å². The largest absolute Gasteiger partial charge is 0.646 e. The first-order valence-electron chi connectivity index (χ1n) is 11.6. The van der Waals surface area contributed by atoms with E-state index in [2.05, 4.69) is 0 Å². The highest BCUT2D eigenvalue weighted by molar-refractivity contribution is 7.49. The second-order valence-electron chi connectivity index (χ2n) is 8.02. The van der Waals surface area contributed by atoms with Gasteiger partial charge in [0.2, 0.25) is 0 Å². The average Bonchev–Trinajstić information content (AvgIpc) is 3.16. The van der Waals surface area contributed by atoms with E-state index < -0.39 is 31.8 Å². The average molecular weight is 498 g/mol. The molecule has 0 saturated heterocycles. The highest BCUT2D eigenvalue weighted by Gasteiger charge is 2.41. The van der Waals surface area contributed by atoms with Gasteiger partial charge in [0.25, 0.3) is 0 Å². The molecule has 0 bridgehead atoms. The van der Waals surface area contributed by atoms with Crippen LogP contribution >= 0.6 is 7.82 Å². The quantitative estimate of drug-likeness (QED) is 0.318. The van der Waals surface area contributed by atoms with Crippen molar-refractivity contribution in [2.45, 2.75) is 38.7 Å². The second-order valence-corrected chi connectivity index (χ2v) is 9.46. The van der Waals surface area contributed by atoms with Gasteiger partial charge < -0.3 is 23.0 Å². The second kappa shape index (κ2) is 11.3. The lowest BCUT2D eigenvalue weighted by Crippen LogP contribution is -2.28. The van der Waals surface area contributed by atoms with Crippen LogP contribution in [0.15, 0.2) is 84.1 Å². The van der Waals surface area contributed by atoms with E-state index in [-0.39, 0.29) is 29.4 Å². The van der Waals surface area contributed by atoms with Crippen LogP contribution in [-0.4, -0.2) is 24.6 Å². The number of ether oxygens (including phenoxy) is 2. The molecule has 1 heterocycles. The van der Waals surface area contributed by atoms with E-state index >= 15 is 0 Å². The van der Waals surface area contributed by atoms with E-state index in [1.165, 1.54) is 6.08 Å². The Kier molecular flexibility index (Phi) is 7.93. The number of cyclic esters (lactones) is 1. The van der Waals surface area contributed by atoms with Gasteiger partial charge in [-0.1, -0.05) is 42.8 Å². The topological polar surface area (TPSA) is 97.4 Å². The van der Waals surface area contributed by atoms with Gasteiger partial charge in [0.05, 0.1) is 12.2 Å². The molecule has 2 aromatic rings. The number of hydrogen-bond donors (Lipinski definition) is 0. The lowest BCUT2D eigenvalue weighted by atomic mass is 9.89. The van der Waals surface area contributed by atoms with E-state index in [0.29, 0.717) is 19.3 Å². The molecular weight excluding hydrogens is 471 g/mol. The summed E-state index contributed by atoms with van der Waals surface area (Å²) in [4.78, 5) is 24.9. The van der Waals surface area contributed by atoms with Crippen LogP contribution in [0.2, 0.25) is 0 Å². The maximum Gasteiger partial charge on any atom is 0.646 e. The van der Waals surface area contributed by atoms with Gasteiger partial charge in [0, 0.05) is 18.4 Å². The Morgan fingerprint density at radius 3 is 2.14 bits per heavy atom. The van der Waals surface area contributed by atoms with Crippen molar-refractivity contribution >= 4 is 19.8 Å². The molecule has 1 aliphatic carbocycles. The highest BCUT2D eigenvalue weighted by atomic mass is 31.2. The molecule has 4 rings (SSSR count). The molecule has 0 saturated carbocycles. The van der Waals surface area contributed by atoms with Crippen LogP contribution in [0, 0.1) is 5.92 Å². The molecule has 2 atom stereocenters. The van der Waals surface area contributed by atoms with Crippen LogP contribution in [0.5, 0.6) is 11.5 Å². The van der Waals surface area contributed by atoms with Crippen LogP contribution in [-0.2, 0) is 28.2 Å². The van der Waals surface area contributed by atoms with Gasteiger partial charge in [-0.05, 0) is 50.1 Å². The van der Waals surface area contributed by atoms with Crippen LogP contribution in [0.1, 0.15) is 32.6 Å². The predicted octanol–water partition coefficient (Wildman–Crippen LogP) is 5.76. The zero-order valence-corrected chi connectivity index (χ0v) is 20.2. The number of rotatable bonds is 9. The summed E-state index contributed by atoms with van der Waals surface area (Å²) in [7, 11) is -4.31. The molecule has 8 nitrogen and oxygen atoms in total. The van der Waals surface area contributed by atoms with Crippen LogP contribution < -0.4 is 9.05 Å². The number of carbonyl (C=O) groups excluding carboxylic acids is 2. The summed E-state index contributed by atoms with van der Waals surface area (Å²) in [5, 5.41) is 0. The summed E-state index contributed by atoms with van der Waals surface area (Å²) in [5.74, 6) is -0.897. The van der Waals surface area contributed by atoms with Crippen molar-refractivity contribution in [1.82, 2.24) is 0 Å². The van der Waals surface area contributed by atoms with Gasteiger partial charge >= 0.3 is 19.8 Å². The Hall–Kier alpha value is -3.51. The number of para-hydroxylation sites is 2. The first-order chi connectivity index (χ1) is 17.0. The summed E-state index contributed by atoms with van der Waals surface area (Å²) in [6.45, 7) is 1.84. The molecule has 184 valence electrons. The zero-order valence-electron chi connectivity index (χ0n) is 19.3. The first-order valence-corrected chi connectivity index (χ1v) is 13.0. The summed E-state index contributed by atoms with van der Waals surface area (Å²) in [5.41, 5.74) is 0.183. The lowest BCUT2D eigenvalue weighted by molar-refractivity contribution is -0.144. The minimum absolute atomic E-state index is 0.140. The number of esters is 2. The van der Waals surface area contributed by atoms with Crippen molar-refractivity contribution in [2.75, 3.05) is 6.61 Å². The Morgan fingerprint density at radius 2 is 1.60 bits per heavy atom. The molecule has 0 fully saturated rings. The van der Waals surface area contributed by atoms with Crippen LogP contribution in [0.4, 0.5) is 0 Å². The fraction of sp³-hybridized carbons (Fsp3) is 0.308. The van der Waals surface area contributed by atoms with Gasteiger partial charge in [-0.3, -0.25) is 0 Å². The molecule has 0 spiro atoms. The van der Waals surface area contributed by atoms with E-state index in [1.54, 1.807) is 73.7 Å². The first kappa shape index (κ1) is 24.6. The fourth-order valence-electron chi connectivity index (χ4n) is 4.05. The number of phosphoric acid groups is 1. The number of phosphoric ester groups is 1. The Labute approximate surface area is 204 Å². The van der Waals surface area contributed by atoms with Gasteiger partial charge in [0.15, 0.2) is 0 Å². The molecule has 0 aromatic heterocycles. The third-order valence-corrected chi connectivity index (χ3v) is 6.86. The molecule has 0 radical (unpaired) electrons. The smallest absolute Gasteiger partial charge is 0.463 e. The Bertz CT molecular complexity index is 1100. The lowest BCUT2D eigenvalue weighted by Gasteiger charge is -2.25. The molecule has 1 aliphatic heterocycles. The van der Waals surface area contributed by atoms with Crippen LogP contribution in [0.25, 0.3) is 0 Å². The number of allylic oxidation sites excluding steroid dienone is 1. The van der Waals surface area contributed by atoms with Gasteiger partial charge in [-0.15, -0.1) is 0 Å². The Morgan fingerprint density at radius 1 is 0.971 bits per heavy atom. The normalized spacial score (nSPS) is 20.1. The van der Waals surface area contributed by atoms with E-state index in [0.717, 1.165) is 6.42 Å². The molecular formula is C26H27O8P. The van der Waals surface area contributed by atoms with E-state index in [9.17, 15) is 14.2 Å². The minimum Gasteiger partial charge on any atom is -0.463 e. The maximum absolute atomic E-state index is 14.0. The van der Waals surface area contributed by atoms with Crippen molar-refractivity contribution in [3.8, 4) is 11.5 Å². The fourth-order valence-corrected chi connectivity index (χ4v) is 5.38. The van der Waals surface area contributed by atoms with Crippen molar-refractivity contribution < 1.29 is 37.2 Å². The molecule has 0 unspecified atom stereocenters. The molecule has 9 heteroatoms. The Balaban J connectivity index is 1.74. The van der Waals surface area contributed by atoms with Crippen molar-refractivity contribution in [3.05, 3.63) is 84.1 Å². The minimum atomic E-state index is -4.31. The van der Waals surface area contributed by atoms with E-state index in [1.807, 2.05) is 0 Å². The summed E-state index contributed by atoms with van der Waals surface area (Å²) in [6, 6.07) is 17.0. The van der Waals surface area contributed by atoms with Gasteiger partial charge in [0.1, 0.15) is 23.4 Å². The predicted molar refractivity (Wildman–Crippen MR) is 127 cm³/mol. The van der Waals surface area contributed by atoms with Crippen molar-refractivity contribution in [3.63, 3.8) is 0 Å². The monoisotopic (exact) mass is 498 g/mol. The van der Waals surface area contributed by atoms with Gasteiger partial charge in [-0.2, -0.15) is 4.57 Å². The third kappa shape index (κ3) is 6.34. The molecule has 2 aliphatic rings. The molecule has 0 N–H and O–H groups in total. The van der Waals surface area contributed by atoms with Gasteiger partial charge in [-0.25, -0.2) is 9.59 Å². The maximum atomic E-state index is 14.0. The SMILES string of the molecule is CCOC(=O)C1=C(OP(=O)(Oc2ccccc2)Oc2ccccc2)CCCC[C@@H]1[C@H]1C=CC(=O)O1. The number of carbonyl (C=O) groups is 2.